The summed E-state index contributed by atoms with van der Waals surface area (Å²) in [5, 5.41) is 11.7. The van der Waals surface area contributed by atoms with Crippen LogP contribution in [0.4, 0.5) is 0 Å². The Labute approximate surface area is 124 Å². The van der Waals surface area contributed by atoms with Gasteiger partial charge in [0.25, 0.3) is 0 Å². The fourth-order valence-corrected chi connectivity index (χ4v) is 3.01. The molecule has 0 saturated heterocycles. The van der Waals surface area contributed by atoms with Crippen LogP contribution in [-0.2, 0) is 16.0 Å². The number of carbonyl (C=O) groups excluding carboxylic acids is 1. The van der Waals surface area contributed by atoms with Gasteiger partial charge in [-0.1, -0.05) is 6.92 Å². The summed E-state index contributed by atoms with van der Waals surface area (Å²) in [6.07, 6.45) is 2.33. The van der Waals surface area contributed by atoms with Crippen LogP contribution in [0.5, 0.6) is 0 Å². The van der Waals surface area contributed by atoms with E-state index in [4.69, 9.17) is 5.11 Å². The molecule has 4 nitrogen and oxygen atoms in total. The van der Waals surface area contributed by atoms with Gasteiger partial charge >= 0.3 is 5.97 Å². The molecule has 112 valence electrons. The van der Waals surface area contributed by atoms with Gasteiger partial charge in [0, 0.05) is 16.2 Å². The minimum Gasteiger partial charge on any atom is -0.480 e. The highest BCUT2D eigenvalue weighted by molar-refractivity contribution is 7.12. The van der Waals surface area contributed by atoms with E-state index in [1.807, 2.05) is 0 Å². The zero-order valence-electron chi connectivity index (χ0n) is 12.6. The van der Waals surface area contributed by atoms with E-state index in [9.17, 15) is 9.59 Å². The molecule has 0 fully saturated rings. The van der Waals surface area contributed by atoms with Gasteiger partial charge in [0.15, 0.2) is 0 Å². The number of amides is 1. The molecule has 1 aromatic heterocycles. The first kappa shape index (κ1) is 16.7. The molecule has 5 heteroatoms. The standard InChI is InChI=1S/C15H23NO3S/c1-5-15(4,14(18)19)16-13(17)8-6-7-12-9-10(2)20-11(12)3/h9H,5-8H2,1-4H3,(H,16,17)(H,18,19). The van der Waals surface area contributed by atoms with E-state index < -0.39 is 11.5 Å². The Morgan fingerprint density at radius 2 is 2.05 bits per heavy atom. The molecule has 0 aliphatic carbocycles. The lowest BCUT2D eigenvalue weighted by Gasteiger charge is -2.24. The molecule has 0 saturated carbocycles. The van der Waals surface area contributed by atoms with Gasteiger partial charge in [0.05, 0.1) is 0 Å². The number of hydrogen-bond acceptors (Lipinski definition) is 3. The van der Waals surface area contributed by atoms with Crippen molar-refractivity contribution in [3.63, 3.8) is 0 Å². The molecule has 1 rings (SSSR count). The summed E-state index contributed by atoms with van der Waals surface area (Å²) in [6.45, 7) is 7.46. The molecule has 1 atom stereocenters. The third-order valence-corrected chi connectivity index (χ3v) is 4.60. The number of nitrogens with one attached hydrogen (secondary N) is 1. The molecule has 1 heterocycles. The predicted octanol–water partition coefficient (Wildman–Crippen LogP) is 3.06. The number of carbonyl (C=O) groups is 2. The van der Waals surface area contributed by atoms with Gasteiger partial charge in [0.2, 0.25) is 5.91 Å². The zero-order valence-corrected chi connectivity index (χ0v) is 13.4. The normalized spacial score (nSPS) is 13.8. The molecular formula is C15H23NO3S. The molecule has 0 aliphatic heterocycles. The molecule has 0 spiro atoms. The molecular weight excluding hydrogens is 274 g/mol. The van der Waals surface area contributed by atoms with Crippen LogP contribution in [0.25, 0.3) is 0 Å². The second-order valence-corrected chi connectivity index (χ2v) is 6.79. The Bertz CT molecular complexity index is 495. The number of carboxylic acid groups (broad SMARTS) is 1. The number of thiophene rings is 1. The minimum absolute atomic E-state index is 0.193. The molecule has 1 aromatic rings. The summed E-state index contributed by atoms with van der Waals surface area (Å²) in [5.41, 5.74) is 0.128. The van der Waals surface area contributed by atoms with E-state index in [1.54, 1.807) is 25.2 Å². The lowest BCUT2D eigenvalue weighted by molar-refractivity contribution is -0.147. The fourth-order valence-electron chi connectivity index (χ4n) is 2.03. The van der Waals surface area contributed by atoms with E-state index in [1.165, 1.54) is 15.3 Å². The SMILES string of the molecule is CCC(C)(NC(=O)CCCc1cc(C)sc1C)C(=O)O. The van der Waals surface area contributed by atoms with Crippen molar-refractivity contribution in [2.24, 2.45) is 0 Å². The Hall–Kier alpha value is -1.36. The molecule has 1 amide bonds. The van der Waals surface area contributed by atoms with Crippen LogP contribution >= 0.6 is 11.3 Å². The number of aryl methyl sites for hydroxylation is 3. The smallest absolute Gasteiger partial charge is 0.329 e. The molecule has 1 unspecified atom stereocenters. The maximum absolute atomic E-state index is 11.8. The van der Waals surface area contributed by atoms with E-state index in [0.717, 1.165) is 12.8 Å². The highest BCUT2D eigenvalue weighted by atomic mass is 32.1. The van der Waals surface area contributed by atoms with E-state index >= 15 is 0 Å². The number of rotatable bonds is 7. The molecule has 20 heavy (non-hydrogen) atoms. The monoisotopic (exact) mass is 297 g/mol. The highest BCUT2D eigenvalue weighted by Crippen LogP contribution is 2.22. The molecule has 0 radical (unpaired) electrons. The van der Waals surface area contributed by atoms with Crippen molar-refractivity contribution < 1.29 is 14.7 Å². The van der Waals surface area contributed by atoms with Crippen LogP contribution in [0.1, 0.15) is 48.4 Å². The molecule has 2 N–H and O–H groups in total. The van der Waals surface area contributed by atoms with Gasteiger partial charge in [0.1, 0.15) is 5.54 Å². The number of carboxylic acids is 1. The first-order valence-electron chi connectivity index (χ1n) is 6.89. The van der Waals surface area contributed by atoms with Crippen molar-refractivity contribution in [3.8, 4) is 0 Å². The van der Waals surface area contributed by atoms with Crippen molar-refractivity contribution in [2.75, 3.05) is 0 Å². The van der Waals surface area contributed by atoms with Crippen molar-refractivity contribution >= 4 is 23.2 Å². The molecule has 0 bridgehead atoms. The van der Waals surface area contributed by atoms with Crippen molar-refractivity contribution in [1.29, 1.82) is 0 Å². The number of aliphatic carboxylic acids is 1. The second kappa shape index (κ2) is 6.88. The van der Waals surface area contributed by atoms with Crippen molar-refractivity contribution in [3.05, 3.63) is 21.4 Å². The average Bonchev–Trinajstić information content (AvgIpc) is 2.67. The summed E-state index contributed by atoms with van der Waals surface area (Å²) < 4.78 is 0. The minimum atomic E-state index is -1.16. The van der Waals surface area contributed by atoms with Crippen LogP contribution in [-0.4, -0.2) is 22.5 Å². The van der Waals surface area contributed by atoms with Gasteiger partial charge in [-0.25, -0.2) is 4.79 Å². The summed E-state index contributed by atoms with van der Waals surface area (Å²) in [5.74, 6) is -1.18. The Balaban J connectivity index is 2.44. The van der Waals surface area contributed by atoms with E-state index in [2.05, 4.69) is 25.2 Å². The highest BCUT2D eigenvalue weighted by Gasteiger charge is 2.32. The maximum atomic E-state index is 11.8. The Morgan fingerprint density at radius 1 is 1.40 bits per heavy atom. The largest absolute Gasteiger partial charge is 0.480 e. The summed E-state index contributed by atoms with van der Waals surface area (Å²) in [4.78, 5) is 25.5. The lowest BCUT2D eigenvalue weighted by atomic mass is 9.98. The van der Waals surface area contributed by atoms with E-state index in [0.29, 0.717) is 12.8 Å². The average molecular weight is 297 g/mol. The third-order valence-electron chi connectivity index (χ3n) is 3.59. The third kappa shape index (κ3) is 4.34. The van der Waals surface area contributed by atoms with Gasteiger partial charge < -0.3 is 10.4 Å². The number of hydrogen-bond donors (Lipinski definition) is 2. The van der Waals surface area contributed by atoms with Crippen LogP contribution in [0.15, 0.2) is 6.07 Å². The molecule has 0 aromatic carbocycles. The zero-order chi connectivity index (χ0) is 15.3. The molecule has 0 aliphatic rings. The Kier molecular flexibility index (Phi) is 5.74. The van der Waals surface area contributed by atoms with Crippen LogP contribution in [0, 0.1) is 13.8 Å². The van der Waals surface area contributed by atoms with Crippen molar-refractivity contribution in [1.82, 2.24) is 5.32 Å². The fraction of sp³-hybridized carbons (Fsp3) is 0.600. The van der Waals surface area contributed by atoms with E-state index in [-0.39, 0.29) is 5.91 Å². The van der Waals surface area contributed by atoms with Gasteiger partial charge in [-0.05, 0) is 51.7 Å². The van der Waals surface area contributed by atoms with Gasteiger partial charge in [-0.15, -0.1) is 11.3 Å². The summed E-state index contributed by atoms with van der Waals surface area (Å²) in [6, 6.07) is 2.16. The predicted molar refractivity (Wildman–Crippen MR) is 81.2 cm³/mol. The first-order valence-corrected chi connectivity index (χ1v) is 7.70. The van der Waals surface area contributed by atoms with Crippen molar-refractivity contribution in [2.45, 2.75) is 58.9 Å². The van der Waals surface area contributed by atoms with Crippen LogP contribution in [0.3, 0.4) is 0 Å². The quantitative estimate of drug-likeness (QED) is 0.813. The van der Waals surface area contributed by atoms with Crippen LogP contribution < -0.4 is 5.32 Å². The van der Waals surface area contributed by atoms with Gasteiger partial charge in [-0.3, -0.25) is 4.79 Å². The Morgan fingerprint density at radius 3 is 2.50 bits per heavy atom. The van der Waals surface area contributed by atoms with Crippen LogP contribution in [0.2, 0.25) is 0 Å². The first-order chi connectivity index (χ1) is 9.28. The summed E-state index contributed by atoms with van der Waals surface area (Å²) in [7, 11) is 0. The van der Waals surface area contributed by atoms with Gasteiger partial charge in [-0.2, -0.15) is 0 Å². The lowest BCUT2D eigenvalue weighted by Crippen LogP contribution is -2.51. The maximum Gasteiger partial charge on any atom is 0.329 e. The summed E-state index contributed by atoms with van der Waals surface area (Å²) >= 11 is 1.77. The second-order valence-electron chi connectivity index (χ2n) is 5.33. The topological polar surface area (TPSA) is 66.4 Å².